The van der Waals surface area contributed by atoms with Gasteiger partial charge in [0.1, 0.15) is 0 Å². The Kier molecular flexibility index (Phi) is 5.69. The van der Waals surface area contributed by atoms with Gasteiger partial charge in [-0.1, -0.05) is 0 Å². The van der Waals surface area contributed by atoms with Crippen molar-refractivity contribution in [1.82, 2.24) is 5.32 Å². The molecule has 2 rings (SSSR count). The lowest BCUT2D eigenvalue weighted by atomic mass is 9.90. The predicted molar refractivity (Wildman–Crippen MR) is 87.5 cm³/mol. The zero-order valence-electron chi connectivity index (χ0n) is 12.9. The van der Waals surface area contributed by atoms with Crippen molar-refractivity contribution in [3.05, 3.63) is 22.2 Å². The number of carboxylic acid groups (broad SMARTS) is 1. The summed E-state index contributed by atoms with van der Waals surface area (Å²) in [5.74, 6) is 0.746. The first-order valence-corrected chi connectivity index (χ1v) is 8.21. The third-order valence-electron chi connectivity index (χ3n) is 3.70. The predicted octanol–water partition coefficient (Wildman–Crippen LogP) is 3.20. The van der Waals surface area contributed by atoms with Gasteiger partial charge in [0.05, 0.1) is 23.1 Å². The highest BCUT2D eigenvalue weighted by molar-refractivity contribution is 9.10. The van der Waals surface area contributed by atoms with Gasteiger partial charge in [0.15, 0.2) is 11.5 Å². The minimum absolute atomic E-state index is 0.577. The Balaban J connectivity index is 1.92. The Hall–Kier alpha value is -1.27. The average molecular weight is 372 g/mol. The first kappa shape index (κ1) is 17.1. The number of fused-ring (bicyclic) bond motifs is 1. The van der Waals surface area contributed by atoms with Crippen LogP contribution in [0.4, 0.5) is 0 Å². The number of hydrogen-bond acceptors (Lipinski definition) is 4. The van der Waals surface area contributed by atoms with Crippen LogP contribution in [0.15, 0.2) is 16.6 Å². The second-order valence-electron chi connectivity index (χ2n) is 6.07. The van der Waals surface area contributed by atoms with E-state index in [0.717, 1.165) is 28.0 Å². The van der Waals surface area contributed by atoms with Crippen molar-refractivity contribution in [1.29, 1.82) is 0 Å². The van der Waals surface area contributed by atoms with Crippen LogP contribution >= 0.6 is 15.9 Å². The highest BCUT2D eigenvalue weighted by atomic mass is 79.9. The van der Waals surface area contributed by atoms with E-state index in [9.17, 15) is 4.79 Å². The van der Waals surface area contributed by atoms with Crippen molar-refractivity contribution in [2.45, 2.75) is 33.2 Å². The molecule has 22 heavy (non-hydrogen) atoms. The summed E-state index contributed by atoms with van der Waals surface area (Å²) in [6, 6.07) is 3.98. The molecular weight excluding hydrogens is 350 g/mol. The van der Waals surface area contributed by atoms with Gasteiger partial charge in [0.2, 0.25) is 0 Å². The average Bonchev–Trinajstić information content (AvgIpc) is 2.69. The molecule has 0 atom stereocenters. The van der Waals surface area contributed by atoms with E-state index in [-0.39, 0.29) is 0 Å². The number of ether oxygens (including phenoxy) is 2. The lowest BCUT2D eigenvalue weighted by Gasteiger charge is -2.19. The quantitative estimate of drug-likeness (QED) is 0.751. The number of rotatable bonds is 6. The van der Waals surface area contributed by atoms with Gasteiger partial charge in [-0.25, -0.2) is 0 Å². The van der Waals surface area contributed by atoms with E-state index >= 15 is 0 Å². The maximum atomic E-state index is 11.1. The fourth-order valence-electron chi connectivity index (χ4n) is 2.13. The standard InChI is InChI=1S/C16H22BrNO4/c1-16(2,15(19)20)4-5-18-10-11-8-12(17)14-13(9-11)21-6-3-7-22-14/h8-9,18H,3-7,10H2,1-2H3,(H,19,20). The van der Waals surface area contributed by atoms with Crippen LogP contribution < -0.4 is 14.8 Å². The zero-order valence-corrected chi connectivity index (χ0v) is 14.5. The third kappa shape index (κ3) is 4.36. The van der Waals surface area contributed by atoms with Crippen molar-refractivity contribution in [3.8, 4) is 11.5 Å². The molecule has 1 aromatic rings. The molecule has 1 aliphatic heterocycles. The molecule has 1 aliphatic rings. The Bertz CT molecular complexity index is 545. The molecule has 2 N–H and O–H groups in total. The fourth-order valence-corrected chi connectivity index (χ4v) is 2.73. The van der Waals surface area contributed by atoms with Gasteiger partial charge in [-0.15, -0.1) is 0 Å². The van der Waals surface area contributed by atoms with E-state index in [4.69, 9.17) is 14.6 Å². The van der Waals surface area contributed by atoms with Gasteiger partial charge in [0.25, 0.3) is 0 Å². The molecule has 0 unspecified atom stereocenters. The van der Waals surface area contributed by atoms with Gasteiger partial charge < -0.3 is 19.9 Å². The number of hydrogen-bond donors (Lipinski definition) is 2. The van der Waals surface area contributed by atoms with E-state index in [0.29, 0.717) is 32.7 Å². The smallest absolute Gasteiger partial charge is 0.309 e. The van der Waals surface area contributed by atoms with E-state index < -0.39 is 11.4 Å². The Morgan fingerprint density at radius 2 is 2.09 bits per heavy atom. The summed E-state index contributed by atoms with van der Waals surface area (Å²) in [4.78, 5) is 11.1. The number of aliphatic carboxylic acids is 1. The SMILES string of the molecule is CC(C)(CCNCc1cc(Br)c2c(c1)OCCCO2)C(=O)O. The van der Waals surface area contributed by atoms with Gasteiger partial charge in [-0.2, -0.15) is 0 Å². The number of benzene rings is 1. The molecule has 0 aliphatic carbocycles. The summed E-state index contributed by atoms with van der Waals surface area (Å²) in [7, 11) is 0. The van der Waals surface area contributed by atoms with Crippen LogP contribution in [0.2, 0.25) is 0 Å². The van der Waals surface area contributed by atoms with Crippen LogP contribution in [-0.4, -0.2) is 30.8 Å². The summed E-state index contributed by atoms with van der Waals surface area (Å²) in [5.41, 5.74) is 0.363. The van der Waals surface area contributed by atoms with Gasteiger partial charge in [-0.05, 0) is 60.4 Å². The van der Waals surface area contributed by atoms with Gasteiger partial charge in [-0.3, -0.25) is 4.79 Å². The molecule has 0 bridgehead atoms. The van der Waals surface area contributed by atoms with Crippen LogP contribution in [0.1, 0.15) is 32.3 Å². The minimum atomic E-state index is -0.771. The van der Waals surface area contributed by atoms with E-state index in [1.807, 2.05) is 12.1 Å². The number of halogens is 1. The molecule has 0 aromatic heterocycles. The van der Waals surface area contributed by atoms with Crippen LogP contribution in [0.3, 0.4) is 0 Å². The molecule has 1 heterocycles. The largest absolute Gasteiger partial charge is 0.490 e. The van der Waals surface area contributed by atoms with E-state index in [1.165, 1.54) is 0 Å². The number of nitrogens with one attached hydrogen (secondary N) is 1. The summed E-state index contributed by atoms with van der Waals surface area (Å²) in [6.45, 7) is 6.09. The molecule has 0 saturated carbocycles. The Labute approximate surface area is 139 Å². The monoisotopic (exact) mass is 371 g/mol. The lowest BCUT2D eigenvalue weighted by molar-refractivity contribution is -0.147. The van der Waals surface area contributed by atoms with E-state index in [2.05, 4.69) is 21.2 Å². The highest BCUT2D eigenvalue weighted by Crippen LogP contribution is 2.38. The second kappa shape index (κ2) is 7.33. The molecule has 0 saturated heterocycles. The minimum Gasteiger partial charge on any atom is -0.490 e. The Morgan fingerprint density at radius 1 is 1.36 bits per heavy atom. The second-order valence-corrected chi connectivity index (χ2v) is 6.93. The molecule has 122 valence electrons. The molecule has 1 aromatic carbocycles. The van der Waals surface area contributed by atoms with Crippen LogP contribution in [0.25, 0.3) is 0 Å². The highest BCUT2D eigenvalue weighted by Gasteiger charge is 2.26. The zero-order chi connectivity index (χ0) is 16.2. The third-order valence-corrected chi connectivity index (χ3v) is 4.29. The first-order chi connectivity index (χ1) is 10.4. The van der Waals surface area contributed by atoms with Gasteiger partial charge in [0, 0.05) is 13.0 Å². The normalized spacial score (nSPS) is 14.5. The van der Waals surface area contributed by atoms with Crippen molar-refractivity contribution in [2.75, 3.05) is 19.8 Å². The summed E-state index contributed by atoms with van der Waals surface area (Å²) in [6.07, 6.45) is 1.45. The maximum absolute atomic E-state index is 11.1. The number of carbonyl (C=O) groups is 1. The van der Waals surface area contributed by atoms with E-state index in [1.54, 1.807) is 13.8 Å². The van der Waals surface area contributed by atoms with Crippen LogP contribution in [-0.2, 0) is 11.3 Å². The molecule has 6 heteroatoms. The van der Waals surface area contributed by atoms with Crippen LogP contribution in [0, 0.1) is 5.41 Å². The molecule has 5 nitrogen and oxygen atoms in total. The van der Waals surface area contributed by atoms with Gasteiger partial charge >= 0.3 is 5.97 Å². The lowest BCUT2D eigenvalue weighted by Crippen LogP contribution is -2.28. The topological polar surface area (TPSA) is 67.8 Å². The maximum Gasteiger partial charge on any atom is 0.309 e. The fraction of sp³-hybridized carbons (Fsp3) is 0.562. The van der Waals surface area contributed by atoms with Crippen molar-refractivity contribution in [2.24, 2.45) is 5.41 Å². The number of carboxylic acids is 1. The van der Waals surface area contributed by atoms with Crippen molar-refractivity contribution in [3.63, 3.8) is 0 Å². The van der Waals surface area contributed by atoms with Crippen LogP contribution in [0.5, 0.6) is 11.5 Å². The molecule has 0 amide bonds. The van der Waals surface area contributed by atoms with Crippen molar-refractivity contribution >= 4 is 21.9 Å². The molecular formula is C16H22BrNO4. The Morgan fingerprint density at radius 3 is 2.82 bits per heavy atom. The summed E-state index contributed by atoms with van der Waals surface area (Å²) >= 11 is 3.52. The first-order valence-electron chi connectivity index (χ1n) is 7.42. The summed E-state index contributed by atoms with van der Waals surface area (Å²) in [5, 5.41) is 12.4. The summed E-state index contributed by atoms with van der Waals surface area (Å²) < 4.78 is 12.3. The van der Waals surface area contributed by atoms with Crippen molar-refractivity contribution < 1.29 is 19.4 Å². The molecule has 0 radical (unpaired) electrons. The molecule has 0 fully saturated rings. The molecule has 0 spiro atoms.